The summed E-state index contributed by atoms with van der Waals surface area (Å²) in [5.41, 5.74) is 7.96. The molecule has 0 radical (unpaired) electrons. The maximum atomic E-state index is 12.2. The van der Waals surface area contributed by atoms with Crippen molar-refractivity contribution in [3.63, 3.8) is 0 Å². The minimum atomic E-state index is -0.478. The highest BCUT2D eigenvalue weighted by molar-refractivity contribution is 9.10. The molecule has 1 heterocycles. The first-order chi connectivity index (χ1) is 10.9. The lowest BCUT2D eigenvalue weighted by atomic mass is 9.99. The van der Waals surface area contributed by atoms with Crippen LogP contribution in [0.1, 0.15) is 38.2 Å². The SMILES string of the molecule is CCC(C)C(N)C(=O)NC(C)c1nc(-c2ccc(Br)cc2)cs1. The summed E-state index contributed by atoms with van der Waals surface area (Å²) in [7, 11) is 0. The van der Waals surface area contributed by atoms with Crippen molar-refractivity contribution in [2.75, 3.05) is 0 Å². The molecule has 3 N–H and O–H groups in total. The van der Waals surface area contributed by atoms with E-state index in [1.54, 1.807) is 11.3 Å². The number of benzene rings is 1. The average molecular weight is 396 g/mol. The third-order valence-corrected chi connectivity index (χ3v) is 5.51. The number of amides is 1. The lowest BCUT2D eigenvalue weighted by Crippen LogP contribution is -2.45. The summed E-state index contributed by atoms with van der Waals surface area (Å²) in [6.45, 7) is 5.96. The number of aromatic nitrogens is 1. The summed E-state index contributed by atoms with van der Waals surface area (Å²) in [4.78, 5) is 16.8. The molecule has 0 saturated carbocycles. The van der Waals surface area contributed by atoms with Crippen LogP contribution in [0, 0.1) is 5.92 Å². The van der Waals surface area contributed by atoms with Gasteiger partial charge in [-0.2, -0.15) is 0 Å². The predicted octanol–water partition coefficient (Wildman–Crippen LogP) is 4.12. The fourth-order valence-electron chi connectivity index (χ4n) is 2.12. The van der Waals surface area contributed by atoms with Gasteiger partial charge in [0.25, 0.3) is 0 Å². The van der Waals surface area contributed by atoms with Gasteiger partial charge in [0.2, 0.25) is 5.91 Å². The normalized spacial score (nSPS) is 15.0. The molecule has 0 bridgehead atoms. The zero-order valence-electron chi connectivity index (χ0n) is 13.5. The third-order valence-electron chi connectivity index (χ3n) is 3.95. The number of hydrogen-bond donors (Lipinski definition) is 2. The Bertz CT molecular complexity index is 656. The van der Waals surface area contributed by atoms with Gasteiger partial charge >= 0.3 is 0 Å². The Morgan fingerprint density at radius 1 is 1.35 bits per heavy atom. The first kappa shape index (κ1) is 18.1. The van der Waals surface area contributed by atoms with Gasteiger partial charge in [-0.3, -0.25) is 4.79 Å². The van der Waals surface area contributed by atoms with E-state index in [1.165, 1.54) is 0 Å². The summed E-state index contributed by atoms with van der Waals surface area (Å²) >= 11 is 4.97. The Labute approximate surface area is 149 Å². The lowest BCUT2D eigenvalue weighted by molar-refractivity contribution is -0.124. The quantitative estimate of drug-likeness (QED) is 0.772. The number of nitrogens with zero attached hydrogens (tertiary/aromatic N) is 1. The Morgan fingerprint density at radius 2 is 2.00 bits per heavy atom. The number of nitrogens with two attached hydrogens (primary N) is 1. The summed E-state index contributed by atoms with van der Waals surface area (Å²) in [5.74, 6) is 0.0454. The van der Waals surface area contributed by atoms with E-state index in [9.17, 15) is 4.79 Å². The van der Waals surface area contributed by atoms with Crippen LogP contribution in [0.4, 0.5) is 0 Å². The van der Waals surface area contributed by atoms with Crippen LogP contribution in [0.5, 0.6) is 0 Å². The van der Waals surface area contributed by atoms with Crippen LogP contribution in [0.15, 0.2) is 34.1 Å². The van der Waals surface area contributed by atoms with E-state index in [0.717, 1.165) is 27.2 Å². The molecule has 1 aromatic carbocycles. The van der Waals surface area contributed by atoms with Crippen LogP contribution in [0.2, 0.25) is 0 Å². The number of carbonyl (C=O) groups excluding carboxylic acids is 1. The van der Waals surface area contributed by atoms with Gasteiger partial charge in [0.15, 0.2) is 0 Å². The molecule has 124 valence electrons. The molecule has 0 spiro atoms. The maximum Gasteiger partial charge on any atom is 0.237 e. The Morgan fingerprint density at radius 3 is 2.61 bits per heavy atom. The number of nitrogens with one attached hydrogen (secondary N) is 1. The van der Waals surface area contributed by atoms with Crippen LogP contribution in [0.3, 0.4) is 0 Å². The maximum absolute atomic E-state index is 12.2. The van der Waals surface area contributed by atoms with Crippen molar-refractivity contribution in [3.05, 3.63) is 39.1 Å². The van der Waals surface area contributed by atoms with Crippen LogP contribution in [-0.2, 0) is 4.79 Å². The molecule has 4 nitrogen and oxygen atoms in total. The van der Waals surface area contributed by atoms with Crippen LogP contribution >= 0.6 is 27.3 Å². The first-order valence-electron chi connectivity index (χ1n) is 7.69. The average Bonchev–Trinajstić information content (AvgIpc) is 3.04. The van der Waals surface area contributed by atoms with E-state index in [-0.39, 0.29) is 17.9 Å². The molecule has 0 fully saturated rings. The summed E-state index contributed by atoms with van der Waals surface area (Å²) in [6, 6.07) is 7.39. The number of rotatable bonds is 6. The highest BCUT2D eigenvalue weighted by Crippen LogP contribution is 2.26. The van der Waals surface area contributed by atoms with Crippen molar-refractivity contribution in [2.45, 2.75) is 39.3 Å². The molecule has 0 saturated heterocycles. The van der Waals surface area contributed by atoms with Crippen molar-refractivity contribution in [3.8, 4) is 11.3 Å². The summed E-state index contributed by atoms with van der Waals surface area (Å²) in [5, 5.41) is 5.85. The summed E-state index contributed by atoms with van der Waals surface area (Å²) in [6.07, 6.45) is 0.883. The van der Waals surface area contributed by atoms with Crippen molar-refractivity contribution < 1.29 is 4.79 Å². The Kier molecular flexibility index (Phi) is 6.33. The van der Waals surface area contributed by atoms with Gasteiger partial charge in [-0.25, -0.2) is 4.98 Å². The number of hydrogen-bond acceptors (Lipinski definition) is 4. The molecule has 23 heavy (non-hydrogen) atoms. The molecule has 3 unspecified atom stereocenters. The van der Waals surface area contributed by atoms with E-state index in [0.29, 0.717) is 0 Å². The van der Waals surface area contributed by atoms with Gasteiger partial charge in [0.1, 0.15) is 5.01 Å². The molecular weight excluding hydrogens is 374 g/mol. The van der Waals surface area contributed by atoms with E-state index >= 15 is 0 Å². The predicted molar refractivity (Wildman–Crippen MR) is 99.2 cm³/mol. The minimum Gasteiger partial charge on any atom is -0.346 e. The lowest BCUT2D eigenvalue weighted by Gasteiger charge is -2.20. The van der Waals surface area contributed by atoms with Gasteiger partial charge in [-0.05, 0) is 25.0 Å². The highest BCUT2D eigenvalue weighted by Gasteiger charge is 2.22. The smallest absolute Gasteiger partial charge is 0.237 e. The zero-order chi connectivity index (χ0) is 17.0. The minimum absolute atomic E-state index is 0.118. The Hall–Kier alpha value is -1.24. The van der Waals surface area contributed by atoms with E-state index in [2.05, 4.69) is 26.2 Å². The van der Waals surface area contributed by atoms with E-state index in [1.807, 2.05) is 50.4 Å². The molecule has 0 aliphatic rings. The second kappa shape index (κ2) is 8.04. The van der Waals surface area contributed by atoms with Crippen molar-refractivity contribution in [2.24, 2.45) is 11.7 Å². The fraction of sp³-hybridized carbons (Fsp3) is 0.412. The van der Waals surface area contributed by atoms with Crippen molar-refractivity contribution in [1.82, 2.24) is 10.3 Å². The zero-order valence-corrected chi connectivity index (χ0v) is 15.9. The monoisotopic (exact) mass is 395 g/mol. The number of thiazole rings is 1. The topological polar surface area (TPSA) is 68.0 Å². The van der Waals surface area contributed by atoms with E-state index in [4.69, 9.17) is 5.73 Å². The van der Waals surface area contributed by atoms with Gasteiger partial charge in [0.05, 0.1) is 17.8 Å². The van der Waals surface area contributed by atoms with Crippen LogP contribution in [-0.4, -0.2) is 16.9 Å². The van der Waals surface area contributed by atoms with Gasteiger partial charge in [0, 0.05) is 15.4 Å². The molecule has 2 aromatic rings. The van der Waals surface area contributed by atoms with Gasteiger partial charge in [-0.1, -0.05) is 48.3 Å². The highest BCUT2D eigenvalue weighted by atomic mass is 79.9. The summed E-state index contributed by atoms with van der Waals surface area (Å²) < 4.78 is 1.04. The second-order valence-electron chi connectivity index (χ2n) is 5.72. The van der Waals surface area contributed by atoms with Crippen molar-refractivity contribution in [1.29, 1.82) is 0 Å². The molecule has 6 heteroatoms. The molecular formula is C17H22BrN3OS. The standard InChI is InChI=1S/C17H22BrN3OS/c1-4-10(2)15(19)16(22)20-11(3)17-21-14(9-23-17)12-5-7-13(18)8-6-12/h5-11,15H,4,19H2,1-3H3,(H,20,22). The Balaban J connectivity index is 2.05. The molecule has 0 aliphatic carbocycles. The largest absolute Gasteiger partial charge is 0.346 e. The van der Waals surface area contributed by atoms with Crippen LogP contribution < -0.4 is 11.1 Å². The van der Waals surface area contributed by atoms with E-state index < -0.39 is 6.04 Å². The molecule has 2 rings (SSSR count). The molecule has 0 aliphatic heterocycles. The molecule has 3 atom stereocenters. The number of halogens is 1. The molecule has 1 amide bonds. The first-order valence-corrected chi connectivity index (χ1v) is 9.37. The third kappa shape index (κ3) is 4.62. The van der Waals surface area contributed by atoms with Gasteiger partial charge in [-0.15, -0.1) is 11.3 Å². The van der Waals surface area contributed by atoms with Crippen LogP contribution in [0.25, 0.3) is 11.3 Å². The fourth-order valence-corrected chi connectivity index (χ4v) is 3.22. The number of carbonyl (C=O) groups is 1. The van der Waals surface area contributed by atoms with Crippen molar-refractivity contribution >= 4 is 33.2 Å². The van der Waals surface area contributed by atoms with Gasteiger partial charge < -0.3 is 11.1 Å². The second-order valence-corrected chi connectivity index (χ2v) is 7.52. The molecule has 1 aromatic heterocycles.